The number of amides is 1. The number of anilines is 1. The summed E-state index contributed by atoms with van der Waals surface area (Å²) in [6.07, 6.45) is 1.70. The minimum atomic E-state index is -0.0332. The standard InChI is InChI=1S/C20H22N6O/c1-14-12-25(20(27)16-10-7-11-21-19(16)24(2)3)13-17-22-23-18(26(14)17)15-8-5-4-6-9-15/h4-11,14H,12-13H2,1-3H3/t14-/m0/s1. The van der Waals surface area contributed by atoms with Crippen molar-refractivity contribution in [3.63, 3.8) is 0 Å². The van der Waals surface area contributed by atoms with Gasteiger partial charge in [0.25, 0.3) is 5.91 Å². The third-order valence-electron chi connectivity index (χ3n) is 4.78. The molecule has 7 nitrogen and oxygen atoms in total. The Balaban J connectivity index is 1.65. The molecule has 7 heteroatoms. The third kappa shape index (κ3) is 3.05. The zero-order valence-corrected chi connectivity index (χ0v) is 15.7. The molecule has 3 heterocycles. The molecule has 2 aromatic heterocycles. The Hall–Kier alpha value is -3.22. The van der Waals surface area contributed by atoms with Crippen LogP contribution in [0.1, 0.15) is 29.1 Å². The van der Waals surface area contributed by atoms with Crippen molar-refractivity contribution in [3.8, 4) is 11.4 Å². The summed E-state index contributed by atoms with van der Waals surface area (Å²) < 4.78 is 2.13. The first kappa shape index (κ1) is 17.2. The highest BCUT2D eigenvalue weighted by Crippen LogP contribution is 2.29. The average Bonchev–Trinajstić information content (AvgIpc) is 3.12. The molecule has 1 aromatic carbocycles. The fourth-order valence-corrected chi connectivity index (χ4v) is 3.56. The SMILES string of the molecule is C[C@H]1CN(C(=O)c2cccnc2N(C)C)Cc2nnc(-c3ccccc3)n21. The van der Waals surface area contributed by atoms with Crippen LogP contribution in [0.25, 0.3) is 11.4 Å². The van der Waals surface area contributed by atoms with Gasteiger partial charge in [-0.1, -0.05) is 30.3 Å². The number of nitrogens with zero attached hydrogens (tertiary/aromatic N) is 6. The predicted molar refractivity (Wildman–Crippen MR) is 103 cm³/mol. The van der Waals surface area contributed by atoms with Gasteiger partial charge < -0.3 is 14.4 Å². The van der Waals surface area contributed by atoms with Crippen molar-refractivity contribution in [2.45, 2.75) is 19.5 Å². The summed E-state index contributed by atoms with van der Waals surface area (Å²) in [5.74, 6) is 2.29. The number of hydrogen-bond acceptors (Lipinski definition) is 5. The van der Waals surface area contributed by atoms with Crippen LogP contribution in [0.3, 0.4) is 0 Å². The van der Waals surface area contributed by atoms with Gasteiger partial charge in [0.15, 0.2) is 11.6 Å². The fourth-order valence-electron chi connectivity index (χ4n) is 3.56. The predicted octanol–water partition coefficient (Wildman–Crippen LogP) is 2.62. The van der Waals surface area contributed by atoms with Gasteiger partial charge in [-0.3, -0.25) is 4.79 Å². The van der Waals surface area contributed by atoms with Crippen molar-refractivity contribution in [2.24, 2.45) is 0 Å². The van der Waals surface area contributed by atoms with Crippen LogP contribution in [0.5, 0.6) is 0 Å². The number of carbonyl (C=O) groups excluding carboxylic acids is 1. The van der Waals surface area contributed by atoms with E-state index in [9.17, 15) is 4.79 Å². The van der Waals surface area contributed by atoms with Crippen LogP contribution >= 0.6 is 0 Å². The molecule has 3 aromatic rings. The Labute approximate surface area is 158 Å². The van der Waals surface area contributed by atoms with Gasteiger partial charge in [0.1, 0.15) is 5.82 Å². The minimum Gasteiger partial charge on any atom is -0.362 e. The number of fused-ring (bicyclic) bond motifs is 1. The summed E-state index contributed by atoms with van der Waals surface area (Å²) >= 11 is 0. The van der Waals surface area contributed by atoms with Crippen LogP contribution < -0.4 is 4.90 Å². The van der Waals surface area contributed by atoms with Crippen molar-refractivity contribution >= 4 is 11.7 Å². The van der Waals surface area contributed by atoms with Crippen LogP contribution in [-0.2, 0) is 6.54 Å². The van der Waals surface area contributed by atoms with Crippen molar-refractivity contribution in [1.82, 2.24) is 24.6 Å². The van der Waals surface area contributed by atoms with E-state index in [1.165, 1.54) is 0 Å². The molecule has 1 atom stereocenters. The van der Waals surface area contributed by atoms with Crippen LogP contribution in [0.15, 0.2) is 48.7 Å². The summed E-state index contributed by atoms with van der Waals surface area (Å²) in [7, 11) is 3.78. The van der Waals surface area contributed by atoms with Crippen LogP contribution in [-0.4, -0.2) is 51.2 Å². The maximum absolute atomic E-state index is 13.2. The number of aromatic nitrogens is 4. The Morgan fingerprint density at radius 2 is 1.89 bits per heavy atom. The number of hydrogen-bond donors (Lipinski definition) is 0. The van der Waals surface area contributed by atoms with Crippen molar-refractivity contribution in [3.05, 3.63) is 60.0 Å². The number of rotatable bonds is 3. The van der Waals surface area contributed by atoms with Crippen molar-refractivity contribution < 1.29 is 4.79 Å². The van der Waals surface area contributed by atoms with E-state index in [1.54, 1.807) is 12.3 Å². The van der Waals surface area contributed by atoms with Crippen LogP contribution in [0.4, 0.5) is 5.82 Å². The summed E-state index contributed by atoms with van der Waals surface area (Å²) in [5, 5.41) is 8.75. The van der Waals surface area contributed by atoms with E-state index >= 15 is 0 Å². The first-order valence-corrected chi connectivity index (χ1v) is 8.97. The summed E-state index contributed by atoms with van der Waals surface area (Å²) in [5.41, 5.74) is 1.64. The summed E-state index contributed by atoms with van der Waals surface area (Å²) in [4.78, 5) is 21.2. The Morgan fingerprint density at radius 1 is 1.11 bits per heavy atom. The van der Waals surface area contributed by atoms with Crippen LogP contribution in [0.2, 0.25) is 0 Å². The van der Waals surface area contributed by atoms with E-state index in [-0.39, 0.29) is 11.9 Å². The van der Waals surface area contributed by atoms with Gasteiger partial charge in [0, 0.05) is 32.4 Å². The van der Waals surface area contributed by atoms with Gasteiger partial charge in [-0.15, -0.1) is 10.2 Å². The average molecular weight is 362 g/mol. The van der Waals surface area contributed by atoms with E-state index in [0.29, 0.717) is 24.5 Å². The lowest BCUT2D eigenvalue weighted by molar-refractivity contribution is 0.0682. The highest BCUT2D eigenvalue weighted by Gasteiger charge is 2.31. The monoisotopic (exact) mass is 362 g/mol. The van der Waals surface area contributed by atoms with Gasteiger partial charge in [-0.25, -0.2) is 4.98 Å². The highest BCUT2D eigenvalue weighted by atomic mass is 16.2. The molecule has 1 aliphatic heterocycles. The Morgan fingerprint density at radius 3 is 2.63 bits per heavy atom. The van der Waals surface area contributed by atoms with E-state index in [0.717, 1.165) is 17.2 Å². The Bertz CT molecular complexity index is 966. The maximum atomic E-state index is 13.2. The molecule has 1 aliphatic rings. The summed E-state index contributed by atoms with van der Waals surface area (Å²) in [6.45, 7) is 3.13. The largest absolute Gasteiger partial charge is 0.362 e. The first-order chi connectivity index (χ1) is 13.1. The molecule has 0 radical (unpaired) electrons. The number of carbonyl (C=O) groups is 1. The van der Waals surface area contributed by atoms with Gasteiger partial charge >= 0.3 is 0 Å². The molecule has 0 aliphatic carbocycles. The van der Waals surface area contributed by atoms with Gasteiger partial charge in [-0.2, -0.15) is 0 Å². The topological polar surface area (TPSA) is 67.2 Å². The molecule has 1 amide bonds. The van der Waals surface area contributed by atoms with E-state index in [1.807, 2.05) is 60.3 Å². The molecular formula is C20H22N6O. The van der Waals surface area contributed by atoms with E-state index < -0.39 is 0 Å². The second-order valence-corrected chi connectivity index (χ2v) is 6.98. The smallest absolute Gasteiger partial charge is 0.258 e. The number of pyridine rings is 1. The van der Waals surface area contributed by atoms with Crippen molar-refractivity contribution in [1.29, 1.82) is 0 Å². The highest BCUT2D eigenvalue weighted by molar-refractivity contribution is 5.98. The van der Waals surface area contributed by atoms with E-state index in [2.05, 4.69) is 26.7 Å². The molecular weight excluding hydrogens is 340 g/mol. The summed E-state index contributed by atoms with van der Waals surface area (Å²) in [6, 6.07) is 13.7. The van der Waals surface area contributed by atoms with Gasteiger partial charge in [0.2, 0.25) is 0 Å². The lowest BCUT2D eigenvalue weighted by atomic mass is 10.1. The quantitative estimate of drug-likeness (QED) is 0.716. The molecule has 138 valence electrons. The van der Waals surface area contributed by atoms with Gasteiger partial charge in [-0.05, 0) is 19.1 Å². The molecule has 0 spiro atoms. The first-order valence-electron chi connectivity index (χ1n) is 8.97. The zero-order valence-electron chi connectivity index (χ0n) is 15.7. The number of benzene rings is 1. The minimum absolute atomic E-state index is 0.0332. The lowest BCUT2D eigenvalue weighted by Gasteiger charge is -2.33. The van der Waals surface area contributed by atoms with Crippen molar-refractivity contribution in [2.75, 3.05) is 25.5 Å². The molecule has 0 unspecified atom stereocenters. The molecule has 4 rings (SSSR count). The fraction of sp³-hybridized carbons (Fsp3) is 0.300. The molecule has 27 heavy (non-hydrogen) atoms. The second kappa shape index (κ2) is 6.83. The molecule has 0 saturated carbocycles. The molecule has 0 bridgehead atoms. The second-order valence-electron chi connectivity index (χ2n) is 6.98. The molecule has 0 saturated heterocycles. The third-order valence-corrected chi connectivity index (χ3v) is 4.78. The lowest BCUT2D eigenvalue weighted by Crippen LogP contribution is -2.41. The Kier molecular flexibility index (Phi) is 4.35. The maximum Gasteiger partial charge on any atom is 0.258 e. The molecule has 0 fully saturated rings. The van der Waals surface area contributed by atoms with E-state index in [4.69, 9.17) is 0 Å². The van der Waals surface area contributed by atoms with Gasteiger partial charge in [0.05, 0.1) is 18.2 Å². The normalized spacial score (nSPS) is 16.1. The van der Waals surface area contributed by atoms with Crippen LogP contribution in [0, 0.1) is 0 Å². The zero-order chi connectivity index (χ0) is 19.0. The molecule has 0 N–H and O–H groups in total.